The Morgan fingerprint density at radius 1 is 1.12 bits per heavy atom. The zero-order valence-electron chi connectivity index (χ0n) is 21.1. The van der Waals surface area contributed by atoms with Gasteiger partial charge in [0.1, 0.15) is 17.4 Å². The summed E-state index contributed by atoms with van der Waals surface area (Å²) in [6.45, 7) is 17.9. The largest absolute Gasteiger partial charge is 0.497 e. The van der Waals surface area contributed by atoms with Crippen LogP contribution in [0.4, 0.5) is 4.79 Å². The molecule has 0 aromatic heterocycles. The summed E-state index contributed by atoms with van der Waals surface area (Å²) >= 11 is 0. The van der Waals surface area contributed by atoms with Gasteiger partial charge in [-0.25, -0.2) is 4.79 Å². The molecule has 0 radical (unpaired) electrons. The minimum absolute atomic E-state index is 0.106. The SMILES string of the molecule is COc1ccc(C2CN(CCO[Si](C)(C)C(C)(C)C)C(=O)[C@@H]2NC(=O)OC(C)(C)C)cc1. The summed E-state index contributed by atoms with van der Waals surface area (Å²) in [6.07, 6.45) is -0.589. The number of carbonyl (C=O) groups excluding carboxylic acids is 2. The van der Waals surface area contributed by atoms with E-state index in [4.69, 9.17) is 13.9 Å². The van der Waals surface area contributed by atoms with E-state index in [2.05, 4.69) is 39.2 Å². The number of amides is 2. The van der Waals surface area contributed by atoms with E-state index in [0.29, 0.717) is 19.7 Å². The maximum Gasteiger partial charge on any atom is 0.408 e. The van der Waals surface area contributed by atoms with Crippen LogP contribution in [0, 0.1) is 0 Å². The average Bonchev–Trinajstić information content (AvgIpc) is 2.95. The molecule has 0 bridgehead atoms. The first-order chi connectivity index (χ1) is 14.6. The first kappa shape index (κ1) is 26.2. The standard InChI is InChI=1S/C24H40N2O5Si/c1-23(2,3)31-22(28)25-20-19(17-10-12-18(29-7)13-11-17)16-26(21(20)27)14-15-30-32(8,9)24(4,5)6/h10-13,19-20H,14-16H2,1-9H3,(H,25,28)/t19?,20-/m1/s1. The highest BCUT2D eigenvalue weighted by Crippen LogP contribution is 2.36. The van der Waals surface area contributed by atoms with Crippen molar-refractivity contribution in [2.24, 2.45) is 0 Å². The molecule has 32 heavy (non-hydrogen) atoms. The first-order valence-electron chi connectivity index (χ1n) is 11.2. The molecule has 2 rings (SSSR count). The molecule has 1 unspecified atom stereocenters. The number of hydrogen-bond donors (Lipinski definition) is 1. The number of ether oxygens (including phenoxy) is 2. The highest BCUT2D eigenvalue weighted by Gasteiger charge is 2.43. The van der Waals surface area contributed by atoms with Crippen LogP contribution in [0.5, 0.6) is 5.75 Å². The van der Waals surface area contributed by atoms with Crippen molar-refractivity contribution >= 4 is 20.3 Å². The number of carbonyl (C=O) groups is 2. The van der Waals surface area contributed by atoms with Gasteiger partial charge in [0.05, 0.1) is 13.7 Å². The number of likely N-dealkylation sites (tertiary alicyclic amines) is 1. The normalized spacial score (nSPS) is 19.8. The third-order valence-corrected chi connectivity index (χ3v) is 10.8. The van der Waals surface area contributed by atoms with E-state index < -0.39 is 26.1 Å². The molecule has 2 amide bonds. The second kappa shape index (κ2) is 9.83. The van der Waals surface area contributed by atoms with Gasteiger partial charge in [-0.3, -0.25) is 4.79 Å². The van der Waals surface area contributed by atoms with Crippen molar-refractivity contribution < 1.29 is 23.5 Å². The van der Waals surface area contributed by atoms with E-state index >= 15 is 0 Å². The molecule has 2 atom stereocenters. The zero-order chi connectivity index (χ0) is 24.3. The van der Waals surface area contributed by atoms with Gasteiger partial charge >= 0.3 is 6.09 Å². The molecule has 7 nitrogen and oxygen atoms in total. The molecule has 0 spiro atoms. The molecule has 1 saturated heterocycles. The number of nitrogens with one attached hydrogen (secondary N) is 1. The molecule has 1 aliphatic heterocycles. The molecule has 1 aromatic rings. The fourth-order valence-corrected chi connectivity index (χ4v) is 4.41. The van der Waals surface area contributed by atoms with Gasteiger partial charge in [0, 0.05) is 19.0 Å². The molecule has 0 saturated carbocycles. The van der Waals surface area contributed by atoms with Crippen molar-refractivity contribution in [3.63, 3.8) is 0 Å². The molecule has 1 N–H and O–H groups in total. The maximum absolute atomic E-state index is 13.3. The van der Waals surface area contributed by atoms with E-state index in [0.717, 1.165) is 11.3 Å². The smallest absolute Gasteiger partial charge is 0.408 e. The highest BCUT2D eigenvalue weighted by molar-refractivity contribution is 6.74. The lowest BCUT2D eigenvalue weighted by molar-refractivity contribution is -0.129. The van der Waals surface area contributed by atoms with Crippen LogP contribution in [0.2, 0.25) is 18.1 Å². The summed E-state index contributed by atoms with van der Waals surface area (Å²) in [6, 6.07) is 6.93. The fraction of sp³-hybridized carbons (Fsp3) is 0.667. The number of alkyl carbamates (subject to hydrolysis) is 1. The van der Waals surface area contributed by atoms with Crippen molar-refractivity contribution in [2.45, 2.75) is 77.2 Å². The van der Waals surface area contributed by atoms with Crippen LogP contribution in [0.3, 0.4) is 0 Å². The monoisotopic (exact) mass is 464 g/mol. The summed E-state index contributed by atoms with van der Waals surface area (Å²) in [7, 11) is -0.286. The van der Waals surface area contributed by atoms with E-state index in [-0.39, 0.29) is 16.9 Å². The van der Waals surface area contributed by atoms with Crippen molar-refractivity contribution in [1.29, 1.82) is 0 Å². The first-order valence-corrected chi connectivity index (χ1v) is 14.1. The van der Waals surface area contributed by atoms with Crippen LogP contribution in [0.1, 0.15) is 53.0 Å². The lowest BCUT2D eigenvalue weighted by atomic mass is 9.94. The van der Waals surface area contributed by atoms with Gasteiger partial charge in [0.2, 0.25) is 5.91 Å². The third kappa shape index (κ3) is 6.72. The number of methoxy groups -OCH3 is 1. The number of benzene rings is 1. The average molecular weight is 465 g/mol. The Labute approximate surface area is 193 Å². The summed E-state index contributed by atoms with van der Waals surface area (Å²) in [5.41, 5.74) is 0.325. The van der Waals surface area contributed by atoms with Crippen LogP contribution < -0.4 is 10.1 Å². The zero-order valence-corrected chi connectivity index (χ0v) is 22.1. The number of hydrogen-bond acceptors (Lipinski definition) is 5. The fourth-order valence-electron chi connectivity index (χ4n) is 3.38. The van der Waals surface area contributed by atoms with Crippen LogP contribution >= 0.6 is 0 Å². The van der Waals surface area contributed by atoms with Crippen molar-refractivity contribution in [3.05, 3.63) is 29.8 Å². The predicted molar refractivity (Wildman–Crippen MR) is 129 cm³/mol. The van der Waals surface area contributed by atoms with Crippen molar-refractivity contribution in [1.82, 2.24) is 10.2 Å². The summed E-state index contributed by atoms with van der Waals surface area (Å²) in [5.74, 6) is 0.443. The van der Waals surface area contributed by atoms with E-state index in [1.165, 1.54) is 0 Å². The van der Waals surface area contributed by atoms with Gasteiger partial charge in [-0.1, -0.05) is 32.9 Å². The Morgan fingerprint density at radius 3 is 2.22 bits per heavy atom. The number of nitrogens with zero attached hydrogens (tertiary/aromatic N) is 1. The van der Waals surface area contributed by atoms with Gasteiger partial charge in [-0.05, 0) is 56.6 Å². The predicted octanol–water partition coefficient (Wildman–Crippen LogP) is 4.54. The van der Waals surface area contributed by atoms with Crippen LogP contribution in [0.25, 0.3) is 0 Å². The lowest BCUT2D eigenvalue weighted by Gasteiger charge is -2.36. The Morgan fingerprint density at radius 2 is 1.72 bits per heavy atom. The summed E-state index contributed by atoms with van der Waals surface area (Å²) < 4.78 is 16.9. The van der Waals surface area contributed by atoms with Crippen LogP contribution in [-0.4, -0.2) is 63.7 Å². The second-order valence-electron chi connectivity index (χ2n) is 10.9. The Balaban J connectivity index is 2.16. The second-order valence-corrected chi connectivity index (χ2v) is 15.7. The Kier molecular flexibility index (Phi) is 8.04. The molecule has 180 valence electrons. The molecular weight excluding hydrogens is 424 g/mol. The minimum Gasteiger partial charge on any atom is -0.497 e. The molecular formula is C24H40N2O5Si. The van der Waals surface area contributed by atoms with Gasteiger partial charge < -0.3 is 24.1 Å². The van der Waals surface area contributed by atoms with Gasteiger partial charge in [0.25, 0.3) is 0 Å². The summed E-state index contributed by atoms with van der Waals surface area (Å²) in [4.78, 5) is 27.5. The van der Waals surface area contributed by atoms with E-state index in [1.807, 2.05) is 24.3 Å². The Bertz CT molecular complexity index is 796. The lowest BCUT2D eigenvalue weighted by Crippen LogP contribution is -2.46. The van der Waals surface area contributed by atoms with E-state index in [9.17, 15) is 9.59 Å². The van der Waals surface area contributed by atoms with Gasteiger partial charge in [0.15, 0.2) is 8.32 Å². The Hall–Kier alpha value is -2.06. The van der Waals surface area contributed by atoms with Gasteiger partial charge in [-0.2, -0.15) is 0 Å². The van der Waals surface area contributed by atoms with Crippen LogP contribution in [-0.2, 0) is 14.0 Å². The highest BCUT2D eigenvalue weighted by atomic mass is 28.4. The van der Waals surface area contributed by atoms with Crippen molar-refractivity contribution in [3.8, 4) is 5.75 Å². The molecule has 8 heteroatoms. The molecule has 1 aromatic carbocycles. The van der Waals surface area contributed by atoms with Crippen LogP contribution in [0.15, 0.2) is 24.3 Å². The molecule has 1 aliphatic rings. The quantitative estimate of drug-likeness (QED) is 0.600. The molecule has 1 heterocycles. The molecule has 0 aliphatic carbocycles. The number of rotatable bonds is 7. The summed E-state index contributed by atoms with van der Waals surface area (Å²) in [5, 5.41) is 2.91. The maximum atomic E-state index is 13.3. The topological polar surface area (TPSA) is 77.1 Å². The van der Waals surface area contributed by atoms with Crippen molar-refractivity contribution in [2.75, 3.05) is 26.8 Å². The third-order valence-electron chi connectivity index (χ3n) is 6.24. The molecule has 1 fully saturated rings. The van der Waals surface area contributed by atoms with Gasteiger partial charge in [-0.15, -0.1) is 0 Å². The van der Waals surface area contributed by atoms with E-state index in [1.54, 1.807) is 32.8 Å². The minimum atomic E-state index is -1.90.